The number of anilines is 1. The Morgan fingerprint density at radius 3 is 2.50 bits per heavy atom. The zero-order valence-electron chi connectivity index (χ0n) is 15.5. The van der Waals surface area contributed by atoms with Gasteiger partial charge >= 0.3 is 12.1 Å². The molecule has 2 heterocycles. The van der Waals surface area contributed by atoms with Crippen molar-refractivity contribution in [2.75, 3.05) is 43.3 Å². The minimum absolute atomic E-state index is 0.0450. The van der Waals surface area contributed by atoms with Crippen molar-refractivity contribution in [1.82, 2.24) is 4.90 Å². The van der Waals surface area contributed by atoms with Crippen molar-refractivity contribution in [3.05, 3.63) is 29.3 Å². The Morgan fingerprint density at radius 1 is 1.21 bits per heavy atom. The first-order chi connectivity index (χ1) is 13.0. The highest BCUT2D eigenvalue weighted by Crippen LogP contribution is 2.31. The number of halogens is 3. The van der Waals surface area contributed by atoms with Gasteiger partial charge in [-0.05, 0) is 62.0 Å². The van der Waals surface area contributed by atoms with Gasteiger partial charge in [-0.15, -0.1) is 0 Å². The van der Waals surface area contributed by atoms with Crippen LogP contribution in [-0.4, -0.2) is 64.5 Å². The van der Waals surface area contributed by atoms with Gasteiger partial charge in [0, 0.05) is 6.54 Å². The van der Waals surface area contributed by atoms with Gasteiger partial charge in [-0.1, -0.05) is 0 Å². The predicted molar refractivity (Wildman–Crippen MR) is 97.8 cm³/mol. The summed E-state index contributed by atoms with van der Waals surface area (Å²) < 4.78 is 67.4. The summed E-state index contributed by atoms with van der Waals surface area (Å²) in [6.07, 6.45) is -1.42. The summed E-state index contributed by atoms with van der Waals surface area (Å²) >= 11 is 0. The van der Waals surface area contributed by atoms with E-state index in [0.29, 0.717) is 50.1 Å². The van der Waals surface area contributed by atoms with E-state index in [1.165, 1.54) is 15.3 Å². The minimum Gasteiger partial charge on any atom is -0.462 e. The van der Waals surface area contributed by atoms with Crippen LogP contribution < -0.4 is 4.31 Å². The summed E-state index contributed by atoms with van der Waals surface area (Å²) in [5.41, 5.74) is 1.71. The fourth-order valence-electron chi connectivity index (χ4n) is 3.68. The number of hydrogen-bond acceptors (Lipinski definition) is 5. The molecule has 0 unspecified atom stereocenters. The second kappa shape index (κ2) is 7.90. The topological polar surface area (TPSA) is 66.9 Å². The monoisotopic (exact) mass is 420 g/mol. The van der Waals surface area contributed by atoms with E-state index in [1.54, 1.807) is 12.1 Å². The van der Waals surface area contributed by atoms with Crippen LogP contribution in [0.25, 0.3) is 0 Å². The van der Waals surface area contributed by atoms with Gasteiger partial charge in [0.05, 0.1) is 30.7 Å². The predicted octanol–water partition coefficient (Wildman–Crippen LogP) is 2.44. The SMILES string of the molecule is CS(=O)(=O)N1CCc2cc(C(=O)OCC3CCN(CC(F)(F)F)CC3)ccc21. The van der Waals surface area contributed by atoms with Crippen molar-refractivity contribution in [1.29, 1.82) is 0 Å². The lowest BCUT2D eigenvalue weighted by atomic mass is 9.98. The molecule has 0 aromatic heterocycles. The Kier molecular flexibility index (Phi) is 5.90. The molecule has 0 spiro atoms. The Morgan fingerprint density at radius 2 is 1.89 bits per heavy atom. The van der Waals surface area contributed by atoms with Crippen LogP contribution in [-0.2, 0) is 21.2 Å². The number of rotatable bonds is 5. The number of alkyl halides is 3. The van der Waals surface area contributed by atoms with E-state index in [0.717, 1.165) is 11.8 Å². The molecule has 0 bridgehead atoms. The maximum absolute atomic E-state index is 12.4. The van der Waals surface area contributed by atoms with Gasteiger partial charge in [-0.3, -0.25) is 9.21 Å². The molecule has 0 aliphatic carbocycles. The summed E-state index contributed by atoms with van der Waals surface area (Å²) in [7, 11) is -3.35. The van der Waals surface area contributed by atoms with E-state index in [9.17, 15) is 26.4 Å². The van der Waals surface area contributed by atoms with Gasteiger partial charge in [-0.25, -0.2) is 13.2 Å². The molecule has 28 heavy (non-hydrogen) atoms. The number of carbonyl (C=O) groups excluding carboxylic acids is 1. The van der Waals surface area contributed by atoms with E-state index in [-0.39, 0.29) is 12.5 Å². The molecule has 3 rings (SSSR count). The third-order valence-corrected chi connectivity index (χ3v) is 6.31. The lowest BCUT2D eigenvalue weighted by Crippen LogP contribution is -2.40. The van der Waals surface area contributed by atoms with Gasteiger partial charge in [-0.2, -0.15) is 13.2 Å². The van der Waals surface area contributed by atoms with E-state index >= 15 is 0 Å². The molecular formula is C18H23F3N2O4S. The lowest BCUT2D eigenvalue weighted by molar-refractivity contribution is -0.148. The third kappa shape index (κ3) is 5.16. The third-order valence-electron chi connectivity index (χ3n) is 5.13. The highest BCUT2D eigenvalue weighted by Gasteiger charge is 2.33. The van der Waals surface area contributed by atoms with Gasteiger partial charge < -0.3 is 4.74 Å². The summed E-state index contributed by atoms with van der Waals surface area (Å²) in [4.78, 5) is 13.7. The van der Waals surface area contributed by atoms with Crippen LogP contribution in [0.4, 0.5) is 18.9 Å². The van der Waals surface area contributed by atoms with Gasteiger partial charge in [0.25, 0.3) is 0 Å². The smallest absolute Gasteiger partial charge is 0.401 e. The van der Waals surface area contributed by atoms with Crippen molar-refractivity contribution in [3.8, 4) is 0 Å². The Balaban J connectivity index is 1.51. The molecule has 2 aliphatic heterocycles. The van der Waals surface area contributed by atoms with Crippen LogP contribution in [0.15, 0.2) is 18.2 Å². The van der Waals surface area contributed by atoms with Crippen molar-refractivity contribution >= 4 is 21.7 Å². The molecule has 1 aromatic carbocycles. The molecule has 156 valence electrons. The fourth-order valence-corrected chi connectivity index (χ4v) is 4.64. The molecule has 0 amide bonds. The molecule has 2 aliphatic rings. The van der Waals surface area contributed by atoms with Crippen LogP contribution in [0.3, 0.4) is 0 Å². The Labute approximate surface area is 162 Å². The van der Waals surface area contributed by atoms with Crippen LogP contribution in [0, 0.1) is 5.92 Å². The highest BCUT2D eigenvalue weighted by atomic mass is 32.2. The highest BCUT2D eigenvalue weighted by molar-refractivity contribution is 7.92. The number of benzene rings is 1. The van der Waals surface area contributed by atoms with Crippen molar-refractivity contribution in [2.45, 2.75) is 25.4 Å². The maximum Gasteiger partial charge on any atom is 0.401 e. The van der Waals surface area contributed by atoms with Crippen LogP contribution in [0.5, 0.6) is 0 Å². The largest absolute Gasteiger partial charge is 0.462 e. The molecule has 1 aromatic rings. The van der Waals surface area contributed by atoms with Crippen LogP contribution in [0.2, 0.25) is 0 Å². The number of nitrogens with zero attached hydrogens (tertiary/aromatic N) is 2. The van der Waals surface area contributed by atoms with Crippen LogP contribution >= 0.6 is 0 Å². The molecule has 1 fully saturated rings. The zero-order valence-corrected chi connectivity index (χ0v) is 16.4. The molecule has 0 saturated carbocycles. The number of ether oxygens (including phenoxy) is 1. The first-order valence-corrected chi connectivity index (χ1v) is 10.9. The Bertz CT molecular complexity index is 834. The summed E-state index contributed by atoms with van der Waals surface area (Å²) in [5, 5.41) is 0. The summed E-state index contributed by atoms with van der Waals surface area (Å²) in [6, 6.07) is 4.79. The average Bonchev–Trinajstić information content (AvgIpc) is 3.03. The van der Waals surface area contributed by atoms with E-state index in [1.807, 2.05) is 0 Å². The molecule has 0 radical (unpaired) electrons. The quantitative estimate of drug-likeness (QED) is 0.685. The van der Waals surface area contributed by atoms with Gasteiger partial charge in [0.2, 0.25) is 10.0 Å². The van der Waals surface area contributed by atoms with Gasteiger partial charge in [0.1, 0.15) is 0 Å². The normalized spacial score (nSPS) is 18.9. The minimum atomic E-state index is -4.19. The maximum atomic E-state index is 12.4. The van der Waals surface area contributed by atoms with Crippen molar-refractivity contribution < 1.29 is 31.1 Å². The Hall–Kier alpha value is -1.81. The number of fused-ring (bicyclic) bond motifs is 1. The molecule has 0 atom stereocenters. The number of hydrogen-bond donors (Lipinski definition) is 0. The number of esters is 1. The van der Waals surface area contributed by atoms with E-state index in [2.05, 4.69) is 0 Å². The molecule has 0 N–H and O–H groups in total. The van der Waals surface area contributed by atoms with Crippen molar-refractivity contribution in [2.24, 2.45) is 5.92 Å². The number of piperidine rings is 1. The number of sulfonamides is 1. The summed E-state index contributed by atoms with van der Waals surface area (Å²) in [6.45, 7) is 0.289. The molecular weight excluding hydrogens is 397 g/mol. The van der Waals surface area contributed by atoms with Crippen LogP contribution in [0.1, 0.15) is 28.8 Å². The average molecular weight is 420 g/mol. The summed E-state index contributed by atoms with van der Waals surface area (Å²) in [5.74, 6) is -0.457. The van der Waals surface area contributed by atoms with Gasteiger partial charge in [0.15, 0.2) is 0 Å². The zero-order chi connectivity index (χ0) is 20.5. The van der Waals surface area contributed by atoms with E-state index < -0.39 is 28.7 Å². The lowest BCUT2D eigenvalue weighted by Gasteiger charge is -2.32. The van der Waals surface area contributed by atoms with Crippen molar-refractivity contribution in [3.63, 3.8) is 0 Å². The standard InChI is InChI=1S/C18H23F3N2O4S/c1-28(25,26)23-9-6-14-10-15(2-3-16(14)23)17(24)27-11-13-4-7-22(8-5-13)12-18(19,20)21/h2-3,10,13H,4-9,11-12H2,1H3. The second-order valence-electron chi connectivity index (χ2n) is 7.36. The second-order valence-corrected chi connectivity index (χ2v) is 9.27. The molecule has 6 nitrogen and oxygen atoms in total. The number of carbonyl (C=O) groups is 1. The van der Waals surface area contributed by atoms with E-state index in [4.69, 9.17) is 4.74 Å². The molecule has 10 heteroatoms. The first kappa shape index (κ1) is 20.9. The fraction of sp³-hybridized carbons (Fsp3) is 0.611. The first-order valence-electron chi connectivity index (χ1n) is 9.10. The molecule has 1 saturated heterocycles. The number of likely N-dealkylation sites (tertiary alicyclic amines) is 1.